The molecule has 1 fully saturated rings. The van der Waals surface area contributed by atoms with E-state index in [1.54, 1.807) is 24.2 Å². The molecule has 0 bridgehead atoms. The van der Waals surface area contributed by atoms with Crippen molar-refractivity contribution in [2.24, 2.45) is 5.73 Å². The number of amides is 2. The molecule has 2 N–H and O–H groups in total. The van der Waals surface area contributed by atoms with E-state index in [0.717, 1.165) is 46.9 Å². The van der Waals surface area contributed by atoms with Crippen LogP contribution in [0.2, 0.25) is 5.02 Å². The van der Waals surface area contributed by atoms with Gasteiger partial charge in [-0.2, -0.15) is 0 Å². The molecule has 0 atom stereocenters. The molecule has 1 aliphatic carbocycles. The maximum atomic E-state index is 13.0. The lowest BCUT2D eigenvalue weighted by atomic mass is 9.88. The minimum atomic E-state index is -0.760. The average Bonchev–Trinajstić information content (AvgIpc) is 3.08. The first-order chi connectivity index (χ1) is 18.5. The van der Waals surface area contributed by atoms with E-state index in [1.807, 2.05) is 35.4 Å². The molecule has 3 heterocycles. The van der Waals surface area contributed by atoms with Crippen molar-refractivity contribution in [2.45, 2.75) is 37.0 Å². The van der Waals surface area contributed by atoms with Gasteiger partial charge in [0.25, 0.3) is 0 Å². The zero-order chi connectivity index (χ0) is 26.5. The molecule has 1 saturated heterocycles. The van der Waals surface area contributed by atoms with Gasteiger partial charge in [0.15, 0.2) is 0 Å². The predicted molar refractivity (Wildman–Crippen MR) is 149 cm³/mol. The number of pyridine rings is 2. The summed E-state index contributed by atoms with van der Waals surface area (Å²) in [7, 11) is 0. The van der Waals surface area contributed by atoms with E-state index in [1.165, 1.54) is 27.8 Å². The van der Waals surface area contributed by atoms with Crippen LogP contribution in [0, 0.1) is 0 Å². The fourth-order valence-electron chi connectivity index (χ4n) is 5.18. The minimum Gasteiger partial charge on any atom is -0.449 e. The predicted octanol–water partition coefficient (Wildman–Crippen LogP) is 5.08. The lowest BCUT2D eigenvalue weighted by molar-refractivity contribution is -0.130. The summed E-state index contributed by atoms with van der Waals surface area (Å²) >= 11 is 8.04. The van der Waals surface area contributed by atoms with Crippen LogP contribution in [-0.2, 0) is 28.8 Å². The molecule has 0 saturated carbocycles. The van der Waals surface area contributed by atoms with Crippen LogP contribution in [0.4, 0.5) is 4.79 Å². The van der Waals surface area contributed by atoms with Gasteiger partial charge in [-0.25, -0.2) is 4.79 Å². The summed E-state index contributed by atoms with van der Waals surface area (Å²) in [5, 5.41) is 0.723. The number of nitrogens with zero attached hydrogens (tertiary/aromatic N) is 3. The lowest BCUT2D eigenvalue weighted by Gasteiger charge is -2.30. The van der Waals surface area contributed by atoms with Gasteiger partial charge in [-0.3, -0.25) is 14.8 Å². The number of carbonyl (C=O) groups is 2. The molecule has 1 aliphatic heterocycles. The Morgan fingerprint density at radius 1 is 1.08 bits per heavy atom. The average molecular weight is 549 g/mol. The summed E-state index contributed by atoms with van der Waals surface area (Å²) in [6, 6.07) is 11.9. The number of benzene rings is 1. The molecule has 7 nitrogen and oxygen atoms in total. The van der Waals surface area contributed by atoms with Gasteiger partial charge in [0.2, 0.25) is 5.91 Å². The quantitative estimate of drug-likeness (QED) is 0.340. The molecular formula is C29H29ClN4O3S. The number of primary amides is 1. The zero-order valence-electron chi connectivity index (χ0n) is 21.0. The minimum absolute atomic E-state index is 0.130. The first-order valence-electron chi connectivity index (χ1n) is 12.7. The van der Waals surface area contributed by atoms with E-state index < -0.39 is 6.09 Å². The highest BCUT2D eigenvalue weighted by molar-refractivity contribution is 7.99. The van der Waals surface area contributed by atoms with Gasteiger partial charge in [-0.05, 0) is 72.2 Å². The molecule has 9 heteroatoms. The number of aromatic nitrogens is 2. The van der Waals surface area contributed by atoms with Crippen molar-refractivity contribution in [1.29, 1.82) is 0 Å². The van der Waals surface area contributed by atoms with Crippen molar-refractivity contribution in [3.05, 3.63) is 93.5 Å². The highest BCUT2D eigenvalue weighted by Gasteiger charge is 2.28. The van der Waals surface area contributed by atoms with Crippen molar-refractivity contribution in [3.8, 4) is 0 Å². The summed E-state index contributed by atoms with van der Waals surface area (Å²) < 4.78 is 4.92. The largest absolute Gasteiger partial charge is 0.449 e. The van der Waals surface area contributed by atoms with Crippen LogP contribution in [0.15, 0.2) is 65.5 Å². The standard InChI is InChI=1S/C29H29ClN4O3S/c30-22-4-6-23-21(17-22)3-5-24-25(38-15-14-37-29(31)36)7-11-33-28(24)27(23)20-8-12-34(13-9-20)26(35)16-19-2-1-10-32-18-19/h1-2,4,6-7,10-11,17-18H,3,5,8-9,12-16H2,(H2,31,36). The molecule has 196 valence electrons. The number of carbonyl (C=O) groups excluding carboxylic acids is 2. The lowest BCUT2D eigenvalue weighted by Crippen LogP contribution is -2.37. The first kappa shape index (κ1) is 26.3. The third-order valence-corrected chi connectivity index (χ3v) is 8.27. The fourth-order valence-corrected chi connectivity index (χ4v) is 6.30. The van der Waals surface area contributed by atoms with E-state index in [4.69, 9.17) is 27.1 Å². The Hall–Kier alpha value is -3.36. The van der Waals surface area contributed by atoms with Crippen LogP contribution in [0.25, 0.3) is 5.57 Å². The van der Waals surface area contributed by atoms with Crippen molar-refractivity contribution in [3.63, 3.8) is 0 Å². The third kappa shape index (κ3) is 6.03. The molecule has 2 aliphatic rings. The first-order valence-corrected chi connectivity index (χ1v) is 14.1. The molecular weight excluding hydrogens is 520 g/mol. The van der Waals surface area contributed by atoms with Gasteiger partial charge < -0.3 is 15.4 Å². The van der Waals surface area contributed by atoms with Crippen LogP contribution >= 0.6 is 23.4 Å². The number of nitrogens with two attached hydrogens (primary N) is 1. The number of likely N-dealkylation sites (tertiary alicyclic amines) is 1. The maximum Gasteiger partial charge on any atom is 0.404 e. The summed E-state index contributed by atoms with van der Waals surface area (Å²) in [4.78, 5) is 36.0. The van der Waals surface area contributed by atoms with Gasteiger partial charge in [0, 0.05) is 52.9 Å². The van der Waals surface area contributed by atoms with Crippen LogP contribution in [0.1, 0.15) is 40.8 Å². The number of hydrogen-bond acceptors (Lipinski definition) is 6. The van der Waals surface area contributed by atoms with Crippen LogP contribution < -0.4 is 5.73 Å². The van der Waals surface area contributed by atoms with Crippen LogP contribution in [0.5, 0.6) is 0 Å². The van der Waals surface area contributed by atoms with Crippen LogP contribution in [0.3, 0.4) is 0 Å². The number of thioether (sulfide) groups is 1. The van der Waals surface area contributed by atoms with Crippen molar-refractivity contribution in [2.75, 3.05) is 25.4 Å². The van der Waals surface area contributed by atoms with E-state index in [-0.39, 0.29) is 12.5 Å². The van der Waals surface area contributed by atoms with Gasteiger partial charge in [-0.15, -0.1) is 11.8 Å². The SMILES string of the molecule is NC(=O)OCCSc1ccnc2c1CCc1cc(Cl)ccc1C2=C1CCN(C(=O)Cc2cccnc2)CC1. The van der Waals surface area contributed by atoms with Crippen LogP contribution in [-0.4, -0.2) is 52.3 Å². The molecule has 1 aromatic carbocycles. The van der Waals surface area contributed by atoms with Crippen molar-refractivity contribution < 1.29 is 14.3 Å². The van der Waals surface area contributed by atoms with Gasteiger partial charge in [0.05, 0.1) is 12.1 Å². The van der Waals surface area contributed by atoms with E-state index in [2.05, 4.69) is 17.1 Å². The van der Waals surface area contributed by atoms with E-state index in [0.29, 0.717) is 25.3 Å². The number of hydrogen-bond donors (Lipinski definition) is 1. The van der Waals surface area contributed by atoms with Crippen molar-refractivity contribution in [1.82, 2.24) is 14.9 Å². The molecule has 5 rings (SSSR count). The molecule has 2 amide bonds. The molecule has 3 aromatic rings. The smallest absolute Gasteiger partial charge is 0.404 e. The van der Waals surface area contributed by atoms with Gasteiger partial charge in [0.1, 0.15) is 6.61 Å². The Kier molecular flexibility index (Phi) is 8.29. The number of piperidine rings is 1. The summed E-state index contributed by atoms with van der Waals surface area (Å²) in [5.74, 6) is 0.739. The van der Waals surface area contributed by atoms with Gasteiger partial charge >= 0.3 is 6.09 Å². The molecule has 0 spiro atoms. The summed E-state index contributed by atoms with van der Waals surface area (Å²) in [6.45, 7) is 1.61. The highest BCUT2D eigenvalue weighted by Crippen LogP contribution is 2.41. The highest BCUT2D eigenvalue weighted by atomic mass is 35.5. The Morgan fingerprint density at radius 3 is 2.68 bits per heavy atom. The second-order valence-corrected chi connectivity index (χ2v) is 10.9. The second-order valence-electron chi connectivity index (χ2n) is 9.35. The zero-order valence-corrected chi connectivity index (χ0v) is 22.6. The number of rotatable bonds is 6. The second kappa shape index (κ2) is 12.0. The molecule has 38 heavy (non-hydrogen) atoms. The number of aryl methyl sites for hydroxylation is 1. The monoisotopic (exact) mass is 548 g/mol. The topological polar surface area (TPSA) is 98.4 Å². The molecule has 0 unspecified atom stereocenters. The number of ether oxygens (including phenoxy) is 1. The Bertz CT molecular complexity index is 1370. The Balaban J connectivity index is 1.43. The number of fused-ring (bicyclic) bond motifs is 2. The maximum absolute atomic E-state index is 13.0. The summed E-state index contributed by atoms with van der Waals surface area (Å²) in [5.41, 5.74) is 13.1. The Labute approximate surface area is 231 Å². The Morgan fingerprint density at radius 2 is 1.92 bits per heavy atom. The van der Waals surface area contributed by atoms with E-state index >= 15 is 0 Å². The van der Waals surface area contributed by atoms with E-state index in [9.17, 15) is 9.59 Å². The molecule has 0 radical (unpaired) electrons. The third-order valence-electron chi connectivity index (χ3n) is 6.97. The number of halogens is 1. The van der Waals surface area contributed by atoms with Crippen molar-refractivity contribution >= 4 is 40.9 Å². The summed E-state index contributed by atoms with van der Waals surface area (Å²) in [6.07, 6.45) is 8.20. The normalized spacial score (nSPS) is 14.9. The molecule has 2 aromatic heterocycles. The fraction of sp³-hybridized carbons (Fsp3) is 0.310. The van der Waals surface area contributed by atoms with Gasteiger partial charge in [-0.1, -0.05) is 29.3 Å².